The van der Waals surface area contributed by atoms with Crippen LogP contribution in [0.4, 0.5) is 5.13 Å². The topological polar surface area (TPSA) is 24.9 Å². The second-order valence-corrected chi connectivity index (χ2v) is 2.85. The number of hydrogen-bond acceptors (Lipinski definition) is 3. The number of aromatic nitrogens is 1. The number of anilines is 1. The lowest BCUT2D eigenvalue weighted by molar-refractivity contribution is 1.43. The highest BCUT2D eigenvalue weighted by Gasteiger charge is 1.93. The van der Waals surface area contributed by atoms with Crippen LogP contribution in [0.5, 0.6) is 0 Å². The highest BCUT2D eigenvalue weighted by atomic mass is 127. The second kappa shape index (κ2) is 2.84. The predicted molar refractivity (Wildman–Crippen MR) is 44.8 cm³/mol. The molecule has 0 atom stereocenters. The molecule has 0 aliphatic carbocycles. The van der Waals surface area contributed by atoms with Gasteiger partial charge in [0.25, 0.3) is 0 Å². The van der Waals surface area contributed by atoms with Gasteiger partial charge in [-0.15, -0.1) is 11.3 Å². The molecule has 0 aliphatic rings. The predicted octanol–water partition coefficient (Wildman–Crippen LogP) is 2.56. The summed E-state index contributed by atoms with van der Waals surface area (Å²) < 4.78 is 2.84. The Morgan fingerprint density at radius 3 is 2.88 bits per heavy atom. The van der Waals surface area contributed by atoms with Gasteiger partial charge in [-0.05, 0) is 0 Å². The zero-order chi connectivity index (χ0) is 5.98. The van der Waals surface area contributed by atoms with E-state index in [0.29, 0.717) is 5.15 Å². The van der Waals surface area contributed by atoms with Crippen LogP contribution in [0.25, 0.3) is 0 Å². The normalized spacial score (nSPS) is 9.25. The molecule has 1 aromatic rings. The minimum absolute atomic E-state index is 0.550. The number of rotatable bonds is 1. The van der Waals surface area contributed by atoms with Crippen molar-refractivity contribution in [2.24, 2.45) is 0 Å². The molecule has 0 bridgehead atoms. The van der Waals surface area contributed by atoms with Crippen LogP contribution in [0.1, 0.15) is 0 Å². The molecule has 0 unspecified atom stereocenters. The minimum Gasteiger partial charge on any atom is -0.304 e. The molecule has 0 amide bonds. The highest BCUT2D eigenvalue weighted by molar-refractivity contribution is 14.1. The Kier molecular flexibility index (Phi) is 2.33. The molecule has 1 N–H and O–H groups in total. The van der Waals surface area contributed by atoms with Gasteiger partial charge >= 0.3 is 0 Å². The maximum atomic E-state index is 5.50. The number of nitrogens with zero attached hydrogens (tertiary/aromatic N) is 1. The Hall–Kier alpha value is 0.450. The summed E-state index contributed by atoms with van der Waals surface area (Å²) in [6.45, 7) is 0. The van der Waals surface area contributed by atoms with Gasteiger partial charge in [-0.1, -0.05) is 11.6 Å². The van der Waals surface area contributed by atoms with Crippen LogP contribution in [0, 0.1) is 0 Å². The average Bonchev–Trinajstić information content (AvgIpc) is 2.14. The van der Waals surface area contributed by atoms with Crippen molar-refractivity contribution in [3.63, 3.8) is 0 Å². The van der Waals surface area contributed by atoms with E-state index >= 15 is 0 Å². The molecular weight excluding hydrogens is 258 g/mol. The first-order valence-electron chi connectivity index (χ1n) is 1.80. The third-order valence-corrected chi connectivity index (χ3v) is 2.51. The van der Waals surface area contributed by atoms with Crippen LogP contribution in [-0.2, 0) is 0 Å². The fourth-order valence-electron chi connectivity index (χ4n) is 0.298. The van der Waals surface area contributed by atoms with Gasteiger partial charge in [-0.25, -0.2) is 4.98 Å². The van der Waals surface area contributed by atoms with Crippen molar-refractivity contribution >= 4 is 50.9 Å². The van der Waals surface area contributed by atoms with Crippen LogP contribution in [0.3, 0.4) is 0 Å². The number of halogens is 2. The largest absolute Gasteiger partial charge is 0.304 e. The van der Waals surface area contributed by atoms with E-state index in [-0.39, 0.29) is 0 Å². The SMILES string of the molecule is Clc1csc(NI)n1. The highest BCUT2D eigenvalue weighted by Crippen LogP contribution is 2.19. The van der Waals surface area contributed by atoms with Gasteiger partial charge in [-0.2, -0.15) is 0 Å². The Labute approximate surface area is 69.8 Å². The van der Waals surface area contributed by atoms with Gasteiger partial charge in [0.05, 0.1) is 22.9 Å². The third-order valence-electron chi connectivity index (χ3n) is 0.557. The summed E-state index contributed by atoms with van der Waals surface area (Å²) in [5, 5.41) is 3.17. The van der Waals surface area contributed by atoms with Crippen LogP contribution < -0.4 is 3.53 Å². The van der Waals surface area contributed by atoms with Crippen molar-refractivity contribution in [2.45, 2.75) is 0 Å². The Balaban J connectivity index is 2.84. The lowest BCUT2D eigenvalue weighted by Crippen LogP contribution is -1.72. The molecule has 0 aromatic carbocycles. The van der Waals surface area contributed by atoms with Gasteiger partial charge in [0, 0.05) is 5.38 Å². The summed E-state index contributed by atoms with van der Waals surface area (Å²) in [4.78, 5) is 3.89. The summed E-state index contributed by atoms with van der Waals surface area (Å²) in [6.07, 6.45) is 0. The average molecular weight is 260 g/mol. The van der Waals surface area contributed by atoms with Crippen LogP contribution in [-0.4, -0.2) is 4.98 Å². The molecule has 0 saturated carbocycles. The fraction of sp³-hybridized carbons (Fsp3) is 0. The molecule has 1 aromatic heterocycles. The molecular formula is C3H2ClIN2S. The summed E-state index contributed by atoms with van der Waals surface area (Å²) in [7, 11) is 0. The fourth-order valence-corrected chi connectivity index (χ4v) is 1.52. The maximum absolute atomic E-state index is 5.50. The molecule has 0 fully saturated rings. The van der Waals surface area contributed by atoms with Crippen molar-refractivity contribution in [3.05, 3.63) is 10.5 Å². The van der Waals surface area contributed by atoms with Crippen molar-refractivity contribution < 1.29 is 0 Å². The second-order valence-electron chi connectivity index (χ2n) is 1.07. The molecule has 1 rings (SSSR count). The monoisotopic (exact) mass is 260 g/mol. The molecule has 44 valence electrons. The number of nitrogens with one attached hydrogen (secondary N) is 1. The van der Waals surface area contributed by atoms with E-state index in [2.05, 4.69) is 8.51 Å². The first kappa shape index (κ1) is 6.57. The van der Waals surface area contributed by atoms with Crippen molar-refractivity contribution in [3.8, 4) is 0 Å². The Bertz CT molecular complexity index is 178. The van der Waals surface area contributed by atoms with E-state index in [9.17, 15) is 0 Å². The van der Waals surface area contributed by atoms with E-state index in [1.54, 1.807) is 5.38 Å². The van der Waals surface area contributed by atoms with E-state index in [4.69, 9.17) is 11.6 Å². The van der Waals surface area contributed by atoms with Crippen LogP contribution in [0.2, 0.25) is 5.15 Å². The molecule has 0 spiro atoms. The number of thiazole rings is 1. The van der Waals surface area contributed by atoms with Gasteiger partial charge in [0.1, 0.15) is 5.15 Å². The van der Waals surface area contributed by atoms with E-state index in [1.807, 2.05) is 22.9 Å². The lowest BCUT2D eigenvalue weighted by Gasteiger charge is -1.81. The summed E-state index contributed by atoms with van der Waals surface area (Å²) in [5.74, 6) is 0. The first-order chi connectivity index (χ1) is 3.83. The summed E-state index contributed by atoms with van der Waals surface area (Å²) in [5.41, 5.74) is 0. The molecule has 0 aliphatic heterocycles. The van der Waals surface area contributed by atoms with Gasteiger partial charge in [0.2, 0.25) is 0 Å². The van der Waals surface area contributed by atoms with E-state index in [1.165, 1.54) is 11.3 Å². The first-order valence-corrected chi connectivity index (χ1v) is 4.14. The van der Waals surface area contributed by atoms with Crippen LogP contribution in [0.15, 0.2) is 5.38 Å². The summed E-state index contributed by atoms with van der Waals surface area (Å²) >= 11 is 8.99. The van der Waals surface area contributed by atoms with E-state index in [0.717, 1.165) is 5.13 Å². The Morgan fingerprint density at radius 2 is 2.62 bits per heavy atom. The van der Waals surface area contributed by atoms with Gasteiger partial charge < -0.3 is 3.53 Å². The molecule has 5 heteroatoms. The van der Waals surface area contributed by atoms with Gasteiger partial charge in [0.15, 0.2) is 5.13 Å². The Morgan fingerprint density at radius 1 is 1.88 bits per heavy atom. The minimum atomic E-state index is 0.550. The molecule has 2 nitrogen and oxygen atoms in total. The van der Waals surface area contributed by atoms with Gasteiger partial charge in [-0.3, -0.25) is 0 Å². The number of hydrogen-bond donors (Lipinski definition) is 1. The zero-order valence-corrected chi connectivity index (χ0v) is 7.42. The zero-order valence-electron chi connectivity index (χ0n) is 3.69. The smallest absolute Gasteiger partial charge is 0.192 e. The molecule has 1 heterocycles. The van der Waals surface area contributed by atoms with Crippen molar-refractivity contribution in [1.29, 1.82) is 0 Å². The van der Waals surface area contributed by atoms with Crippen molar-refractivity contribution in [1.82, 2.24) is 4.98 Å². The van der Waals surface area contributed by atoms with Crippen molar-refractivity contribution in [2.75, 3.05) is 3.53 Å². The standard InChI is InChI=1S/C3H2ClIN2S/c4-2-1-8-3(6-2)7-5/h1H,(H,6,7). The van der Waals surface area contributed by atoms with E-state index < -0.39 is 0 Å². The molecule has 0 radical (unpaired) electrons. The maximum Gasteiger partial charge on any atom is 0.192 e. The van der Waals surface area contributed by atoms with Crippen LogP contribution >= 0.6 is 45.8 Å². The quantitative estimate of drug-likeness (QED) is 0.620. The third kappa shape index (κ3) is 1.46. The summed E-state index contributed by atoms with van der Waals surface area (Å²) in [6, 6.07) is 0. The molecule has 0 saturated heterocycles. The molecule has 8 heavy (non-hydrogen) atoms. The lowest BCUT2D eigenvalue weighted by atomic mass is 11.0.